The molecule has 0 unspecified atom stereocenters. The van der Waals surface area contributed by atoms with E-state index in [4.69, 9.17) is 18.4 Å². The number of carbonyl (C=O) groups is 1. The average molecular weight is 391 g/mol. The van der Waals surface area contributed by atoms with Gasteiger partial charge in [0, 0.05) is 5.56 Å². The number of rotatable bonds is 6. The fourth-order valence-corrected chi connectivity index (χ4v) is 2.74. The van der Waals surface area contributed by atoms with E-state index in [1.807, 2.05) is 48.5 Å². The van der Waals surface area contributed by atoms with Crippen molar-refractivity contribution in [1.82, 2.24) is 15.1 Å². The van der Waals surface area contributed by atoms with Crippen LogP contribution in [0.15, 0.2) is 63.5 Å². The van der Waals surface area contributed by atoms with Crippen LogP contribution in [0.25, 0.3) is 22.8 Å². The van der Waals surface area contributed by atoms with E-state index in [9.17, 15) is 4.79 Å². The van der Waals surface area contributed by atoms with Crippen LogP contribution in [0.1, 0.15) is 22.1 Å². The molecule has 0 aliphatic heterocycles. The average Bonchev–Trinajstić information content (AvgIpc) is 3.39. The molecule has 29 heavy (non-hydrogen) atoms. The van der Waals surface area contributed by atoms with E-state index in [-0.39, 0.29) is 18.2 Å². The van der Waals surface area contributed by atoms with Crippen LogP contribution in [0.5, 0.6) is 5.75 Å². The molecule has 0 saturated heterocycles. The summed E-state index contributed by atoms with van der Waals surface area (Å²) in [6, 6.07) is 16.6. The molecule has 0 atom stereocenters. The highest BCUT2D eigenvalue weighted by atomic mass is 16.6. The van der Waals surface area contributed by atoms with Crippen molar-refractivity contribution in [3.8, 4) is 28.6 Å². The van der Waals surface area contributed by atoms with Gasteiger partial charge in [0.05, 0.1) is 12.7 Å². The maximum atomic E-state index is 12.4. The number of oxazole rings is 1. The molecule has 0 amide bonds. The van der Waals surface area contributed by atoms with Crippen molar-refractivity contribution in [3.05, 3.63) is 71.9 Å². The number of aromatic nitrogens is 3. The third kappa shape index (κ3) is 3.86. The Morgan fingerprint density at radius 3 is 2.59 bits per heavy atom. The smallest absolute Gasteiger partial charge is 0.361 e. The Kier molecular flexibility index (Phi) is 5.07. The number of carbonyl (C=O) groups excluding carboxylic acids is 1. The Morgan fingerprint density at radius 1 is 1.03 bits per heavy atom. The van der Waals surface area contributed by atoms with Crippen LogP contribution in [-0.2, 0) is 11.3 Å². The van der Waals surface area contributed by atoms with Crippen LogP contribution in [0.4, 0.5) is 0 Å². The van der Waals surface area contributed by atoms with Crippen LogP contribution < -0.4 is 4.74 Å². The first kappa shape index (κ1) is 18.4. The first-order valence-corrected chi connectivity index (χ1v) is 8.81. The van der Waals surface area contributed by atoms with Crippen molar-refractivity contribution in [1.29, 1.82) is 0 Å². The highest BCUT2D eigenvalue weighted by Gasteiger charge is 2.21. The summed E-state index contributed by atoms with van der Waals surface area (Å²) in [6.07, 6.45) is 0. The van der Waals surface area contributed by atoms with Crippen LogP contribution in [0, 0.1) is 6.92 Å². The molecule has 2 aromatic heterocycles. The van der Waals surface area contributed by atoms with Crippen molar-refractivity contribution < 1.29 is 23.2 Å². The van der Waals surface area contributed by atoms with Crippen LogP contribution in [-0.4, -0.2) is 28.2 Å². The zero-order chi connectivity index (χ0) is 20.2. The van der Waals surface area contributed by atoms with Crippen LogP contribution in [0.3, 0.4) is 0 Å². The third-order valence-corrected chi connectivity index (χ3v) is 4.15. The van der Waals surface area contributed by atoms with Gasteiger partial charge in [-0.1, -0.05) is 35.5 Å². The normalized spacial score (nSPS) is 10.7. The molecule has 0 aliphatic rings. The van der Waals surface area contributed by atoms with Gasteiger partial charge in [-0.15, -0.1) is 0 Å². The number of benzene rings is 2. The van der Waals surface area contributed by atoms with Gasteiger partial charge < -0.3 is 18.4 Å². The quantitative estimate of drug-likeness (QED) is 0.454. The molecular weight excluding hydrogens is 374 g/mol. The minimum atomic E-state index is -0.634. The number of esters is 1. The van der Waals surface area contributed by atoms with Gasteiger partial charge in [-0.3, -0.25) is 0 Å². The number of aryl methyl sites for hydroxylation is 1. The van der Waals surface area contributed by atoms with Gasteiger partial charge in [0.15, 0.2) is 12.3 Å². The van der Waals surface area contributed by atoms with E-state index in [0.717, 1.165) is 5.56 Å². The topological polar surface area (TPSA) is 100 Å². The largest absolute Gasteiger partial charge is 0.496 e. The summed E-state index contributed by atoms with van der Waals surface area (Å²) < 4.78 is 21.3. The molecule has 0 radical (unpaired) electrons. The fraction of sp³-hybridized carbons (Fsp3) is 0.143. The van der Waals surface area contributed by atoms with E-state index in [2.05, 4.69) is 15.1 Å². The number of ether oxygens (including phenoxy) is 2. The van der Waals surface area contributed by atoms with Crippen molar-refractivity contribution in [3.63, 3.8) is 0 Å². The van der Waals surface area contributed by atoms with Gasteiger partial charge in [-0.05, 0) is 31.2 Å². The molecule has 4 rings (SSSR count). The summed E-state index contributed by atoms with van der Waals surface area (Å²) in [7, 11) is 1.56. The van der Waals surface area contributed by atoms with Crippen molar-refractivity contribution in [2.45, 2.75) is 13.5 Å². The van der Waals surface area contributed by atoms with Gasteiger partial charge >= 0.3 is 5.97 Å². The molecule has 0 bridgehead atoms. The van der Waals surface area contributed by atoms with Gasteiger partial charge in [0.25, 0.3) is 5.89 Å². The minimum absolute atomic E-state index is 0.105. The summed E-state index contributed by atoms with van der Waals surface area (Å²) in [4.78, 5) is 20.9. The second-order valence-electron chi connectivity index (χ2n) is 6.08. The number of hydrogen-bond acceptors (Lipinski definition) is 8. The molecule has 0 saturated carbocycles. The molecule has 0 fully saturated rings. The predicted molar refractivity (Wildman–Crippen MR) is 102 cm³/mol. The Labute approximate surface area is 166 Å². The highest BCUT2D eigenvalue weighted by molar-refractivity contribution is 5.88. The molecule has 8 nitrogen and oxygen atoms in total. The molecule has 0 N–H and O–H groups in total. The lowest BCUT2D eigenvalue weighted by molar-refractivity contribution is 0.0421. The summed E-state index contributed by atoms with van der Waals surface area (Å²) in [5.74, 6) is 1.20. The van der Waals surface area contributed by atoms with Crippen LogP contribution >= 0.6 is 0 Å². The maximum Gasteiger partial charge on any atom is 0.361 e. The Bertz CT molecular complexity index is 1130. The molecule has 0 aliphatic carbocycles. The Hall–Kier alpha value is -3.94. The van der Waals surface area contributed by atoms with Crippen molar-refractivity contribution in [2.24, 2.45) is 0 Å². The summed E-state index contributed by atoms with van der Waals surface area (Å²) in [5, 5.41) is 3.92. The zero-order valence-corrected chi connectivity index (χ0v) is 15.8. The maximum absolute atomic E-state index is 12.4. The molecule has 2 heterocycles. The van der Waals surface area contributed by atoms with E-state index in [0.29, 0.717) is 28.8 Å². The minimum Gasteiger partial charge on any atom is -0.496 e. The zero-order valence-electron chi connectivity index (χ0n) is 15.8. The van der Waals surface area contributed by atoms with Gasteiger partial charge in [-0.25, -0.2) is 9.78 Å². The number of hydrogen-bond donors (Lipinski definition) is 0. The summed E-state index contributed by atoms with van der Waals surface area (Å²) in [5.41, 5.74) is 1.55. The summed E-state index contributed by atoms with van der Waals surface area (Å²) >= 11 is 0. The van der Waals surface area contributed by atoms with Crippen molar-refractivity contribution >= 4 is 5.97 Å². The monoisotopic (exact) mass is 391 g/mol. The van der Waals surface area contributed by atoms with Gasteiger partial charge in [0.2, 0.25) is 11.7 Å². The second kappa shape index (κ2) is 7.97. The lowest BCUT2D eigenvalue weighted by Gasteiger charge is -2.03. The lowest BCUT2D eigenvalue weighted by atomic mass is 10.2. The van der Waals surface area contributed by atoms with Crippen molar-refractivity contribution in [2.75, 3.05) is 7.11 Å². The molecule has 8 heteroatoms. The molecule has 0 spiro atoms. The van der Waals surface area contributed by atoms with Gasteiger partial charge in [0.1, 0.15) is 11.5 Å². The standard InChI is InChI=1S/C21H17N3O5/c1-13-18(23-20(28-13)14-8-4-3-5-9-14)21(25)27-12-17-22-19(24-29-17)15-10-6-7-11-16(15)26-2/h3-11H,12H2,1-2H3. The first-order chi connectivity index (χ1) is 14.2. The predicted octanol–water partition coefficient (Wildman–Crippen LogP) is 4.07. The van der Waals surface area contributed by atoms with E-state index in [1.165, 1.54) is 0 Å². The van der Waals surface area contributed by atoms with Gasteiger partial charge in [-0.2, -0.15) is 4.98 Å². The van der Waals surface area contributed by atoms with Crippen LogP contribution in [0.2, 0.25) is 0 Å². The van der Waals surface area contributed by atoms with E-state index < -0.39 is 5.97 Å². The first-order valence-electron chi connectivity index (χ1n) is 8.81. The summed E-state index contributed by atoms with van der Waals surface area (Å²) in [6.45, 7) is 1.47. The number of para-hydroxylation sites is 1. The lowest BCUT2D eigenvalue weighted by Crippen LogP contribution is -2.07. The fourth-order valence-electron chi connectivity index (χ4n) is 2.74. The Morgan fingerprint density at radius 2 is 1.79 bits per heavy atom. The molecule has 146 valence electrons. The third-order valence-electron chi connectivity index (χ3n) is 4.15. The SMILES string of the molecule is COc1ccccc1-c1noc(COC(=O)c2nc(-c3ccccc3)oc2C)n1. The molecular formula is C21H17N3O5. The molecule has 2 aromatic carbocycles. The highest BCUT2D eigenvalue weighted by Crippen LogP contribution is 2.27. The Balaban J connectivity index is 1.46. The van der Waals surface area contributed by atoms with E-state index >= 15 is 0 Å². The number of nitrogens with zero attached hydrogens (tertiary/aromatic N) is 3. The number of methoxy groups -OCH3 is 1. The molecule has 4 aromatic rings. The van der Waals surface area contributed by atoms with E-state index in [1.54, 1.807) is 20.1 Å². The second-order valence-corrected chi connectivity index (χ2v) is 6.08.